The van der Waals surface area contributed by atoms with Crippen LogP contribution in [0.5, 0.6) is 5.75 Å². The molecule has 3 nitrogen and oxygen atoms in total. The summed E-state index contributed by atoms with van der Waals surface area (Å²) in [5.41, 5.74) is 7.97. The van der Waals surface area contributed by atoms with Gasteiger partial charge in [0, 0.05) is 6.04 Å². The first-order chi connectivity index (χ1) is 8.34. The van der Waals surface area contributed by atoms with Gasteiger partial charge in [-0.1, -0.05) is 18.6 Å². The van der Waals surface area contributed by atoms with Crippen molar-refractivity contribution >= 4 is 5.69 Å². The number of nitrogen functional groups attached to an aromatic ring is 1. The molecule has 2 heterocycles. The van der Waals surface area contributed by atoms with Gasteiger partial charge in [-0.05, 0) is 44.0 Å². The van der Waals surface area contributed by atoms with Crippen LogP contribution in [0.25, 0.3) is 0 Å². The van der Waals surface area contributed by atoms with E-state index in [0.29, 0.717) is 6.04 Å². The fraction of sp³-hybridized carbons (Fsp3) is 0.571. The number of hydrogen-bond acceptors (Lipinski definition) is 3. The minimum Gasteiger partial charge on any atom is -0.489 e. The molecule has 0 aromatic heterocycles. The highest BCUT2D eigenvalue weighted by molar-refractivity contribution is 5.57. The number of hydrogen-bond donors (Lipinski definition) is 1. The van der Waals surface area contributed by atoms with Crippen LogP contribution in [0.3, 0.4) is 0 Å². The van der Waals surface area contributed by atoms with Crippen molar-refractivity contribution in [2.45, 2.75) is 31.7 Å². The molecule has 17 heavy (non-hydrogen) atoms. The quantitative estimate of drug-likeness (QED) is 0.753. The zero-order chi connectivity index (χ0) is 11.7. The largest absolute Gasteiger partial charge is 0.489 e. The third-order valence-corrected chi connectivity index (χ3v) is 3.91. The molecular weight excluding hydrogens is 212 g/mol. The molecule has 1 saturated heterocycles. The van der Waals surface area contributed by atoms with Crippen LogP contribution in [0.4, 0.5) is 5.69 Å². The van der Waals surface area contributed by atoms with Gasteiger partial charge in [-0.2, -0.15) is 0 Å². The maximum absolute atomic E-state index is 5.93. The number of para-hydroxylation sites is 1. The smallest absolute Gasteiger partial charge is 0.145 e. The Morgan fingerprint density at radius 2 is 2.00 bits per heavy atom. The van der Waals surface area contributed by atoms with Crippen molar-refractivity contribution in [2.24, 2.45) is 0 Å². The Kier molecular flexibility index (Phi) is 2.93. The lowest BCUT2D eigenvalue weighted by atomic mass is 9.98. The van der Waals surface area contributed by atoms with E-state index in [1.54, 1.807) is 0 Å². The first kappa shape index (κ1) is 10.9. The minimum atomic E-state index is 0.546. The second-order valence-electron chi connectivity index (χ2n) is 5.10. The monoisotopic (exact) mass is 232 g/mol. The number of fused-ring (bicyclic) bond motifs is 1. The van der Waals surface area contributed by atoms with Crippen molar-refractivity contribution in [1.82, 2.24) is 4.90 Å². The van der Waals surface area contributed by atoms with Gasteiger partial charge < -0.3 is 10.5 Å². The molecule has 2 aliphatic heterocycles. The molecule has 0 aliphatic carbocycles. The number of nitrogens with two attached hydrogens (primary N) is 1. The van der Waals surface area contributed by atoms with Gasteiger partial charge in [0.25, 0.3) is 0 Å². The molecule has 1 aromatic rings. The molecular formula is C14H20N2O. The van der Waals surface area contributed by atoms with Crippen molar-refractivity contribution < 1.29 is 4.74 Å². The molecule has 0 bridgehead atoms. The maximum Gasteiger partial charge on any atom is 0.145 e. The van der Waals surface area contributed by atoms with Gasteiger partial charge in [0.1, 0.15) is 12.4 Å². The molecule has 2 N–H and O–H groups in total. The van der Waals surface area contributed by atoms with Crippen LogP contribution in [0.2, 0.25) is 0 Å². The number of rotatable bonds is 1. The average molecular weight is 232 g/mol. The van der Waals surface area contributed by atoms with E-state index in [0.717, 1.165) is 24.5 Å². The second-order valence-corrected chi connectivity index (χ2v) is 5.10. The van der Waals surface area contributed by atoms with Crippen LogP contribution >= 0.6 is 0 Å². The number of anilines is 1. The molecule has 0 spiro atoms. The van der Waals surface area contributed by atoms with Crippen molar-refractivity contribution in [1.29, 1.82) is 0 Å². The van der Waals surface area contributed by atoms with Crippen LogP contribution in [-0.2, 0) is 6.42 Å². The zero-order valence-corrected chi connectivity index (χ0v) is 10.2. The van der Waals surface area contributed by atoms with Gasteiger partial charge in [-0.15, -0.1) is 0 Å². The van der Waals surface area contributed by atoms with Crippen LogP contribution < -0.4 is 10.5 Å². The third kappa shape index (κ3) is 2.12. The lowest BCUT2D eigenvalue weighted by Gasteiger charge is -2.37. The number of benzene rings is 1. The number of nitrogens with zero attached hydrogens (tertiary/aromatic N) is 1. The molecule has 0 radical (unpaired) electrons. The highest BCUT2D eigenvalue weighted by atomic mass is 16.5. The average Bonchev–Trinajstić information content (AvgIpc) is 2.40. The van der Waals surface area contributed by atoms with Gasteiger partial charge >= 0.3 is 0 Å². The molecule has 0 saturated carbocycles. The molecule has 1 unspecified atom stereocenters. The summed E-state index contributed by atoms with van der Waals surface area (Å²) in [4.78, 5) is 2.58. The molecule has 1 atom stereocenters. The lowest BCUT2D eigenvalue weighted by Crippen LogP contribution is -2.45. The molecule has 3 rings (SSSR count). The van der Waals surface area contributed by atoms with E-state index in [2.05, 4.69) is 11.0 Å². The van der Waals surface area contributed by atoms with Crippen LogP contribution in [-0.4, -0.2) is 30.6 Å². The Hall–Kier alpha value is -1.22. The first-order valence-corrected chi connectivity index (χ1v) is 6.59. The first-order valence-electron chi connectivity index (χ1n) is 6.59. The van der Waals surface area contributed by atoms with Gasteiger partial charge in [0.2, 0.25) is 0 Å². The fourth-order valence-electron chi connectivity index (χ4n) is 2.95. The van der Waals surface area contributed by atoms with E-state index in [4.69, 9.17) is 10.5 Å². The van der Waals surface area contributed by atoms with Gasteiger partial charge in [-0.3, -0.25) is 4.90 Å². The Labute approximate surface area is 103 Å². The van der Waals surface area contributed by atoms with Crippen LogP contribution in [0.1, 0.15) is 24.8 Å². The predicted octanol–water partition coefficient (Wildman–Crippen LogP) is 2.06. The van der Waals surface area contributed by atoms with Gasteiger partial charge in [0.05, 0.1) is 5.69 Å². The second kappa shape index (κ2) is 4.57. The molecule has 2 aliphatic rings. The van der Waals surface area contributed by atoms with E-state index in [9.17, 15) is 0 Å². The summed E-state index contributed by atoms with van der Waals surface area (Å²) in [5, 5.41) is 0. The van der Waals surface area contributed by atoms with Crippen molar-refractivity contribution in [3.05, 3.63) is 23.8 Å². The zero-order valence-electron chi connectivity index (χ0n) is 10.2. The highest BCUT2D eigenvalue weighted by Gasteiger charge is 2.27. The number of ether oxygens (including phenoxy) is 1. The summed E-state index contributed by atoms with van der Waals surface area (Å²) in [6, 6.07) is 6.63. The lowest BCUT2D eigenvalue weighted by molar-refractivity contribution is 0.102. The van der Waals surface area contributed by atoms with E-state index in [-0.39, 0.29) is 0 Å². The summed E-state index contributed by atoms with van der Waals surface area (Å²) in [7, 11) is 0. The van der Waals surface area contributed by atoms with E-state index >= 15 is 0 Å². The Morgan fingerprint density at radius 1 is 1.18 bits per heavy atom. The van der Waals surface area contributed by atoms with Crippen molar-refractivity contribution in [3.63, 3.8) is 0 Å². The fourth-order valence-corrected chi connectivity index (χ4v) is 2.95. The van der Waals surface area contributed by atoms with Gasteiger partial charge in [-0.25, -0.2) is 0 Å². The third-order valence-electron chi connectivity index (χ3n) is 3.91. The molecule has 1 fully saturated rings. The van der Waals surface area contributed by atoms with Crippen LogP contribution in [0.15, 0.2) is 18.2 Å². The van der Waals surface area contributed by atoms with Gasteiger partial charge in [0.15, 0.2) is 0 Å². The number of piperidine rings is 1. The molecule has 92 valence electrons. The standard InChI is InChI=1S/C14H20N2O/c15-13-6-4-5-11-9-12(10-17-14(11)13)16-7-2-1-3-8-16/h4-6,12H,1-3,7-10,15H2. The van der Waals surface area contributed by atoms with E-state index in [1.165, 1.54) is 37.9 Å². The molecule has 3 heteroatoms. The Bertz CT molecular complexity index is 399. The summed E-state index contributed by atoms with van der Waals surface area (Å²) in [6.07, 6.45) is 5.13. The van der Waals surface area contributed by atoms with E-state index < -0.39 is 0 Å². The van der Waals surface area contributed by atoms with E-state index in [1.807, 2.05) is 12.1 Å². The summed E-state index contributed by atoms with van der Waals surface area (Å²) in [5.74, 6) is 0.917. The topological polar surface area (TPSA) is 38.5 Å². The predicted molar refractivity (Wildman–Crippen MR) is 69.3 cm³/mol. The summed E-state index contributed by atoms with van der Waals surface area (Å²) >= 11 is 0. The van der Waals surface area contributed by atoms with Crippen LogP contribution in [0, 0.1) is 0 Å². The Balaban J connectivity index is 1.76. The molecule has 1 aromatic carbocycles. The SMILES string of the molecule is Nc1cccc2c1OCC(N1CCCCC1)C2. The van der Waals surface area contributed by atoms with Crippen molar-refractivity contribution in [3.8, 4) is 5.75 Å². The summed E-state index contributed by atoms with van der Waals surface area (Å²) in [6.45, 7) is 3.25. The normalized spacial score (nSPS) is 25.1. The molecule has 0 amide bonds. The Morgan fingerprint density at radius 3 is 2.82 bits per heavy atom. The van der Waals surface area contributed by atoms with Crippen molar-refractivity contribution in [2.75, 3.05) is 25.4 Å². The summed E-state index contributed by atoms with van der Waals surface area (Å²) < 4.78 is 5.85. The number of likely N-dealkylation sites (tertiary alicyclic amines) is 1. The minimum absolute atomic E-state index is 0.546. The highest BCUT2D eigenvalue weighted by Crippen LogP contribution is 2.32. The maximum atomic E-state index is 5.93.